The molecule has 37 heavy (non-hydrogen) atoms. The third-order valence-electron chi connectivity index (χ3n) is 6.66. The Morgan fingerprint density at radius 2 is 1.97 bits per heavy atom. The van der Waals surface area contributed by atoms with Gasteiger partial charge in [0.1, 0.15) is 11.8 Å². The summed E-state index contributed by atoms with van der Waals surface area (Å²) < 4.78 is 10.9. The number of hydrogen-bond donors (Lipinski definition) is 2. The third-order valence-corrected chi connectivity index (χ3v) is 6.66. The van der Waals surface area contributed by atoms with E-state index in [4.69, 9.17) is 9.39 Å². The zero-order valence-electron chi connectivity index (χ0n) is 21.0. The number of para-hydroxylation sites is 1. The number of methoxy groups -OCH3 is 1. The summed E-state index contributed by atoms with van der Waals surface area (Å²) in [4.78, 5) is 57.9. The van der Waals surface area contributed by atoms with Crippen LogP contribution in [0, 0.1) is 6.92 Å². The van der Waals surface area contributed by atoms with Crippen LogP contribution < -0.4 is 14.7 Å². The lowest BCUT2D eigenvalue weighted by Gasteiger charge is -2.33. The molecule has 2 aliphatic rings. The van der Waals surface area contributed by atoms with Crippen LogP contribution in [0.25, 0.3) is 0 Å². The molecule has 3 heterocycles. The van der Waals surface area contributed by atoms with Gasteiger partial charge in [-0.05, 0) is 37.5 Å². The molecule has 4 rings (SSSR count). The number of Topliss-reactive ketones (excluding diaryl/α,β-unsaturated/α-hetero) is 1. The first kappa shape index (κ1) is 26.1. The van der Waals surface area contributed by atoms with E-state index in [0.717, 1.165) is 16.0 Å². The summed E-state index contributed by atoms with van der Waals surface area (Å²) in [5, 5.41) is 13.2. The van der Waals surface area contributed by atoms with Crippen LogP contribution >= 0.6 is 0 Å². The molecule has 194 valence electrons. The molecule has 0 spiro atoms. The molecule has 0 aliphatic carbocycles. The van der Waals surface area contributed by atoms with E-state index >= 15 is 0 Å². The Labute approximate surface area is 214 Å². The highest BCUT2D eigenvalue weighted by Crippen LogP contribution is 2.36. The smallest absolute Gasteiger partial charge is 0.526 e. The Hall–Kier alpha value is -3.93. The van der Waals surface area contributed by atoms with Crippen LogP contribution in [0.2, 0.25) is 5.82 Å². The Bertz CT molecular complexity index is 1220. The van der Waals surface area contributed by atoms with Crippen LogP contribution in [-0.2, 0) is 20.8 Å². The summed E-state index contributed by atoms with van der Waals surface area (Å²) in [6.07, 6.45) is 0.275. The summed E-state index contributed by atoms with van der Waals surface area (Å²) >= 11 is 0. The third kappa shape index (κ3) is 5.43. The van der Waals surface area contributed by atoms with Crippen molar-refractivity contribution in [3.05, 3.63) is 53.2 Å². The van der Waals surface area contributed by atoms with Crippen molar-refractivity contribution in [1.29, 1.82) is 0 Å². The van der Waals surface area contributed by atoms with E-state index in [1.54, 1.807) is 25.1 Å². The first-order valence-electron chi connectivity index (χ1n) is 12.1. The molecule has 1 aromatic carbocycles. The summed E-state index contributed by atoms with van der Waals surface area (Å²) in [5.41, 5.74) is 1.96. The molecule has 2 aromatic rings. The van der Waals surface area contributed by atoms with Crippen molar-refractivity contribution in [2.45, 2.75) is 38.5 Å². The monoisotopic (exact) mass is 508 g/mol. The number of aryl methyl sites for hydroxylation is 1. The predicted octanol–water partition coefficient (Wildman–Crippen LogP) is 1.29. The van der Waals surface area contributed by atoms with Crippen LogP contribution in [0.15, 0.2) is 36.4 Å². The van der Waals surface area contributed by atoms with Crippen LogP contribution in [-0.4, -0.2) is 77.3 Å². The van der Waals surface area contributed by atoms with Gasteiger partial charge in [0, 0.05) is 37.9 Å². The lowest BCUT2D eigenvalue weighted by atomic mass is 9.64. The minimum atomic E-state index is -1.25. The second-order valence-electron chi connectivity index (χ2n) is 9.04. The maximum absolute atomic E-state index is 13.6. The van der Waals surface area contributed by atoms with Gasteiger partial charge < -0.3 is 24.6 Å². The number of aromatic nitrogens is 1. The van der Waals surface area contributed by atoms with Crippen LogP contribution in [0.4, 0.5) is 4.79 Å². The average molecular weight is 508 g/mol. The van der Waals surface area contributed by atoms with Gasteiger partial charge in [-0.2, -0.15) is 0 Å². The molecule has 1 unspecified atom stereocenters. The molecule has 0 saturated carbocycles. The molecule has 12 heteroatoms. The fourth-order valence-corrected chi connectivity index (χ4v) is 4.59. The molecule has 0 radical (unpaired) electrons. The van der Waals surface area contributed by atoms with E-state index in [1.807, 2.05) is 25.1 Å². The highest BCUT2D eigenvalue weighted by molar-refractivity contribution is 6.46. The number of benzene rings is 1. The van der Waals surface area contributed by atoms with Gasteiger partial charge >= 0.3 is 25.0 Å². The molecule has 0 bridgehead atoms. The number of ketones is 1. The lowest BCUT2D eigenvalue weighted by Crippen LogP contribution is -2.58. The number of carbonyl (C=O) groups is 4. The molecule has 1 fully saturated rings. The number of urea groups is 1. The van der Waals surface area contributed by atoms with Crippen molar-refractivity contribution < 1.29 is 33.6 Å². The molecule has 2 N–H and O–H groups in total. The van der Waals surface area contributed by atoms with Crippen molar-refractivity contribution in [3.8, 4) is 11.6 Å². The summed E-state index contributed by atoms with van der Waals surface area (Å²) in [7, 11) is 0.210. The SMILES string of the molecule is CCN1CCN(C(=O)NC(C(=O)C[C@H]2Cc3cccc(C)c3OB2O)c2cccc(OC)n2)C(=O)C1=O. The Morgan fingerprint density at radius 1 is 1.22 bits per heavy atom. The summed E-state index contributed by atoms with van der Waals surface area (Å²) in [6.45, 7) is 4.18. The number of pyridine rings is 1. The number of nitrogens with one attached hydrogen (secondary N) is 1. The summed E-state index contributed by atoms with van der Waals surface area (Å²) in [6, 6.07) is 8.29. The van der Waals surface area contributed by atoms with Gasteiger partial charge in [0.25, 0.3) is 0 Å². The van der Waals surface area contributed by atoms with Gasteiger partial charge in [-0.3, -0.25) is 19.3 Å². The highest BCUT2D eigenvalue weighted by atomic mass is 16.5. The number of amides is 4. The molecule has 1 saturated heterocycles. The molecule has 2 atom stereocenters. The molecular formula is C25H29BN4O7. The van der Waals surface area contributed by atoms with Crippen LogP contribution in [0.5, 0.6) is 11.6 Å². The topological polar surface area (TPSA) is 138 Å². The number of imide groups is 1. The zero-order chi connectivity index (χ0) is 26.7. The summed E-state index contributed by atoms with van der Waals surface area (Å²) in [5.74, 6) is -1.90. The van der Waals surface area contributed by atoms with Gasteiger partial charge in [0.15, 0.2) is 5.78 Å². The van der Waals surface area contributed by atoms with E-state index < -0.39 is 42.6 Å². The van der Waals surface area contributed by atoms with E-state index in [2.05, 4.69) is 10.3 Å². The number of hydrogen-bond acceptors (Lipinski definition) is 8. The highest BCUT2D eigenvalue weighted by Gasteiger charge is 2.40. The van der Waals surface area contributed by atoms with Gasteiger partial charge in [-0.1, -0.05) is 24.3 Å². The molecular weight excluding hydrogens is 479 g/mol. The zero-order valence-corrected chi connectivity index (χ0v) is 21.0. The normalized spacial score (nSPS) is 18.2. The maximum atomic E-state index is 13.6. The molecule has 11 nitrogen and oxygen atoms in total. The Morgan fingerprint density at radius 3 is 2.70 bits per heavy atom. The van der Waals surface area contributed by atoms with E-state index in [0.29, 0.717) is 18.7 Å². The average Bonchev–Trinajstić information content (AvgIpc) is 2.89. The van der Waals surface area contributed by atoms with Gasteiger partial charge in [0.05, 0.1) is 12.8 Å². The number of rotatable bonds is 7. The fraction of sp³-hybridized carbons (Fsp3) is 0.400. The lowest BCUT2D eigenvalue weighted by molar-refractivity contribution is -0.153. The van der Waals surface area contributed by atoms with E-state index in [9.17, 15) is 24.2 Å². The maximum Gasteiger partial charge on any atom is 0.526 e. The van der Waals surface area contributed by atoms with Gasteiger partial charge in [0.2, 0.25) is 5.88 Å². The van der Waals surface area contributed by atoms with Crippen LogP contribution in [0.1, 0.15) is 36.2 Å². The van der Waals surface area contributed by atoms with Gasteiger partial charge in [-0.15, -0.1) is 0 Å². The Kier molecular flexibility index (Phi) is 7.77. The second-order valence-corrected chi connectivity index (χ2v) is 9.04. The first-order chi connectivity index (χ1) is 17.7. The van der Waals surface area contributed by atoms with E-state index in [-0.39, 0.29) is 31.1 Å². The minimum absolute atomic E-state index is 0.00199. The standard InChI is InChI=1S/C25H29BN4O7/c1-4-29-11-12-30(24(33)23(29)32)25(34)28-21(18-9-6-10-20(27-18)36-3)19(31)14-17-13-16-8-5-7-15(2)22(16)37-26(17)35/h5-10,17,21,35H,4,11-14H2,1-3H3,(H,28,34)/t17-,21?/m1/s1. The van der Waals surface area contributed by atoms with Crippen molar-refractivity contribution in [1.82, 2.24) is 20.1 Å². The quantitative estimate of drug-likeness (QED) is 0.422. The van der Waals surface area contributed by atoms with Crippen molar-refractivity contribution in [2.75, 3.05) is 26.7 Å². The molecule has 1 aromatic heterocycles. The molecule has 4 amide bonds. The number of nitrogens with zero attached hydrogens (tertiary/aromatic N) is 3. The number of fused-ring (bicyclic) bond motifs is 1. The predicted molar refractivity (Wildman–Crippen MR) is 133 cm³/mol. The van der Waals surface area contributed by atoms with Crippen LogP contribution in [0.3, 0.4) is 0 Å². The minimum Gasteiger partial charge on any atom is -0.536 e. The number of carbonyl (C=O) groups excluding carboxylic acids is 4. The van der Waals surface area contributed by atoms with Crippen molar-refractivity contribution in [3.63, 3.8) is 0 Å². The fourth-order valence-electron chi connectivity index (χ4n) is 4.59. The second kappa shape index (κ2) is 11.0. The number of ether oxygens (including phenoxy) is 1. The number of likely N-dealkylation sites (N-methyl/N-ethyl adjacent to an activating group) is 1. The van der Waals surface area contributed by atoms with Gasteiger partial charge in [-0.25, -0.2) is 9.78 Å². The Balaban J connectivity index is 1.56. The van der Waals surface area contributed by atoms with Crippen molar-refractivity contribution >= 4 is 30.7 Å². The van der Waals surface area contributed by atoms with E-state index in [1.165, 1.54) is 12.0 Å². The molecule has 2 aliphatic heterocycles. The largest absolute Gasteiger partial charge is 0.536 e. The number of piperazine rings is 1. The van der Waals surface area contributed by atoms with Crippen molar-refractivity contribution in [2.24, 2.45) is 0 Å². The first-order valence-corrected chi connectivity index (χ1v) is 12.1.